The lowest BCUT2D eigenvalue weighted by Crippen LogP contribution is -2.31. The summed E-state index contributed by atoms with van der Waals surface area (Å²) in [6.45, 7) is 9.54. The number of nitrogens with zero attached hydrogens (tertiary/aromatic N) is 2. The van der Waals surface area contributed by atoms with Crippen molar-refractivity contribution in [3.63, 3.8) is 0 Å². The van der Waals surface area contributed by atoms with E-state index < -0.39 is 6.10 Å². The zero-order valence-electron chi connectivity index (χ0n) is 14.4. The van der Waals surface area contributed by atoms with Crippen LogP contribution in [0, 0.1) is 0 Å². The zero-order chi connectivity index (χ0) is 18.4. The van der Waals surface area contributed by atoms with Crippen LogP contribution in [0.5, 0.6) is 5.75 Å². The second-order valence-corrected chi connectivity index (χ2v) is 5.47. The highest BCUT2D eigenvalue weighted by atomic mass is 16.5. The van der Waals surface area contributed by atoms with E-state index in [1.807, 2.05) is 0 Å². The number of methoxy groups -OCH3 is 1. The van der Waals surface area contributed by atoms with E-state index in [0.717, 1.165) is 5.56 Å². The molecule has 132 valence electrons. The molecule has 6 nitrogen and oxygen atoms in total. The maximum absolute atomic E-state index is 12.8. The van der Waals surface area contributed by atoms with Crippen molar-refractivity contribution in [3.05, 3.63) is 60.9 Å². The highest BCUT2D eigenvalue weighted by Gasteiger charge is 2.28. The fourth-order valence-corrected chi connectivity index (χ4v) is 2.49. The van der Waals surface area contributed by atoms with Crippen molar-refractivity contribution in [3.8, 4) is 17.0 Å². The second kappa shape index (κ2) is 8.30. The predicted molar refractivity (Wildman–Crippen MR) is 95.4 cm³/mol. The molecule has 0 aliphatic heterocycles. The van der Waals surface area contributed by atoms with Crippen LogP contribution < -0.4 is 4.74 Å². The van der Waals surface area contributed by atoms with E-state index in [9.17, 15) is 9.90 Å². The number of benzene rings is 1. The topological polar surface area (TPSA) is 75.8 Å². The number of aromatic nitrogens is 1. The molecule has 1 N–H and O–H groups in total. The molecular weight excluding hydrogens is 320 g/mol. The Kier molecular flexibility index (Phi) is 6.14. The largest absolute Gasteiger partial charge is 0.497 e. The molecule has 0 saturated heterocycles. The third-order valence-corrected chi connectivity index (χ3v) is 3.69. The molecule has 1 atom stereocenters. The maximum Gasteiger partial charge on any atom is 0.293 e. The molecule has 0 saturated carbocycles. The number of rotatable bonds is 8. The highest BCUT2D eigenvalue weighted by molar-refractivity contribution is 5.95. The molecule has 1 amide bonds. The fourth-order valence-electron chi connectivity index (χ4n) is 2.49. The average molecular weight is 342 g/mol. The summed E-state index contributed by atoms with van der Waals surface area (Å²) in [6, 6.07) is 7.14. The van der Waals surface area contributed by atoms with Crippen molar-refractivity contribution < 1.29 is 19.2 Å². The van der Waals surface area contributed by atoms with Gasteiger partial charge in [-0.1, -0.05) is 17.3 Å². The van der Waals surface area contributed by atoms with Gasteiger partial charge in [0.2, 0.25) is 5.76 Å². The Bertz CT molecular complexity index is 737. The van der Waals surface area contributed by atoms with Gasteiger partial charge in [0.15, 0.2) is 0 Å². The normalized spacial score (nSPS) is 11.6. The molecule has 0 spiro atoms. The first-order chi connectivity index (χ1) is 12.0. The van der Waals surface area contributed by atoms with Crippen LogP contribution in [-0.2, 0) is 0 Å². The average Bonchev–Trinajstić information content (AvgIpc) is 3.06. The Morgan fingerprint density at radius 2 is 1.92 bits per heavy atom. The van der Waals surface area contributed by atoms with Gasteiger partial charge in [0.25, 0.3) is 5.91 Å². The molecule has 0 fully saturated rings. The first kappa shape index (κ1) is 18.5. The summed E-state index contributed by atoms with van der Waals surface area (Å²) in [5, 5.41) is 14.2. The highest BCUT2D eigenvalue weighted by Crippen LogP contribution is 2.32. The van der Waals surface area contributed by atoms with E-state index in [1.54, 1.807) is 50.5 Å². The van der Waals surface area contributed by atoms with Gasteiger partial charge >= 0.3 is 0 Å². The van der Waals surface area contributed by atoms with E-state index in [0.29, 0.717) is 30.1 Å². The molecule has 1 aromatic heterocycles. The molecule has 0 aliphatic carbocycles. The van der Waals surface area contributed by atoms with Gasteiger partial charge in [-0.05, 0) is 31.2 Å². The Balaban J connectivity index is 2.46. The van der Waals surface area contributed by atoms with Gasteiger partial charge in [-0.2, -0.15) is 0 Å². The van der Waals surface area contributed by atoms with Crippen LogP contribution in [0.4, 0.5) is 0 Å². The van der Waals surface area contributed by atoms with Crippen LogP contribution in [0.25, 0.3) is 11.3 Å². The van der Waals surface area contributed by atoms with Crippen molar-refractivity contribution in [2.45, 2.75) is 13.0 Å². The standard InChI is InChI=1S/C19H22N2O4/c1-5-11-21(12-6-2)19(23)18-16(13(3)22)17(20-25-18)14-7-9-15(24-4)10-8-14/h5-10,13,22H,1-2,11-12H2,3-4H3. The number of carbonyl (C=O) groups is 1. The first-order valence-corrected chi connectivity index (χ1v) is 7.86. The Morgan fingerprint density at radius 1 is 1.32 bits per heavy atom. The molecule has 25 heavy (non-hydrogen) atoms. The summed E-state index contributed by atoms with van der Waals surface area (Å²) in [5.74, 6) is 0.345. The number of hydrogen-bond acceptors (Lipinski definition) is 5. The molecule has 1 heterocycles. The Hall–Kier alpha value is -2.86. The number of aliphatic hydroxyl groups excluding tert-OH is 1. The molecule has 6 heteroatoms. The first-order valence-electron chi connectivity index (χ1n) is 7.86. The molecule has 1 unspecified atom stereocenters. The number of carbonyl (C=O) groups excluding carboxylic acids is 1. The van der Waals surface area contributed by atoms with Crippen LogP contribution in [0.1, 0.15) is 29.1 Å². The summed E-state index contributed by atoms with van der Waals surface area (Å²) < 4.78 is 10.4. The summed E-state index contributed by atoms with van der Waals surface area (Å²) >= 11 is 0. The molecule has 0 aliphatic rings. The van der Waals surface area contributed by atoms with E-state index in [2.05, 4.69) is 18.3 Å². The van der Waals surface area contributed by atoms with Gasteiger partial charge in [-0.3, -0.25) is 4.79 Å². The summed E-state index contributed by atoms with van der Waals surface area (Å²) in [4.78, 5) is 14.3. The fraction of sp³-hybridized carbons (Fsp3) is 0.263. The quantitative estimate of drug-likeness (QED) is 0.746. The maximum atomic E-state index is 12.8. The van der Waals surface area contributed by atoms with Crippen LogP contribution in [0.15, 0.2) is 54.1 Å². The lowest BCUT2D eigenvalue weighted by molar-refractivity contribution is 0.0741. The van der Waals surface area contributed by atoms with E-state index in [-0.39, 0.29) is 11.7 Å². The number of aliphatic hydroxyl groups is 1. The van der Waals surface area contributed by atoms with Crippen molar-refractivity contribution in [1.82, 2.24) is 10.1 Å². The molecule has 0 radical (unpaired) electrons. The van der Waals surface area contributed by atoms with Crippen molar-refractivity contribution in [1.29, 1.82) is 0 Å². The second-order valence-electron chi connectivity index (χ2n) is 5.47. The van der Waals surface area contributed by atoms with Crippen molar-refractivity contribution in [2.24, 2.45) is 0 Å². The lowest BCUT2D eigenvalue weighted by Gasteiger charge is -2.18. The van der Waals surface area contributed by atoms with Gasteiger partial charge in [0, 0.05) is 18.7 Å². The van der Waals surface area contributed by atoms with Crippen LogP contribution in [0.3, 0.4) is 0 Å². The van der Waals surface area contributed by atoms with Crippen molar-refractivity contribution >= 4 is 5.91 Å². The van der Waals surface area contributed by atoms with Gasteiger partial charge in [-0.15, -0.1) is 13.2 Å². The smallest absolute Gasteiger partial charge is 0.293 e. The van der Waals surface area contributed by atoms with E-state index >= 15 is 0 Å². The molecule has 2 aromatic rings. The van der Waals surface area contributed by atoms with Gasteiger partial charge < -0.3 is 19.3 Å². The third-order valence-electron chi connectivity index (χ3n) is 3.69. The van der Waals surface area contributed by atoms with Crippen LogP contribution in [0.2, 0.25) is 0 Å². The molecule has 0 bridgehead atoms. The van der Waals surface area contributed by atoms with E-state index in [1.165, 1.54) is 4.90 Å². The predicted octanol–water partition coefficient (Wildman–Crippen LogP) is 3.22. The minimum Gasteiger partial charge on any atom is -0.497 e. The van der Waals surface area contributed by atoms with Crippen LogP contribution in [-0.4, -0.2) is 41.3 Å². The number of amides is 1. The lowest BCUT2D eigenvalue weighted by atomic mass is 10.0. The monoisotopic (exact) mass is 342 g/mol. The SMILES string of the molecule is C=CCN(CC=C)C(=O)c1onc(-c2ccc(OC)cc2)c1C(C)O. The molecule has 1 aromatic carbocycles. The summed E-state index contributed by atoms with van der Waals surface area (Å²) in [7, 11) is 1.58. The molecule has 2 rings (SSSR count). The van der Waals surface area contributed by atoms with E-state index in [4.69, 9.17) is 9.26 Å². The molecular formula is C19H22N2O4. The Morgan fingerprint density at radius 3 is 2.40 bits per heavy atom. The zero-order valence-corrected chi connectivity index (χ0v) is 14.4. The Labute approximate surface area is 147 Å². The van der Waals surface area contributed by atoms with Crippen molar-refractivity contribution in [2.75, 3.05) is 20.2 Å². The minimum absolute atomic E-state index is 0.0181. The van der Waals surface area contributed by atoms with Crippen LogP contribution >= 0.6 is 0 Å². The third kappa shape index (κ3) is 3.97. The minimum atomic E-state index is -0.920. The summed E-state index contributed by atoms with van der Waals surface area (Å²) in [5.41, 5.74) is 1.50. The van der Waals surface area contributed by atoms with Gasteiger partial charge in [0.1, 0.15) is 11.4 Å². The number of ether oxygens (including phenoxy) is 1. The van der Waals surface area contributed by atoms with Gasteiger partial charge in [-0.25, -0.2) is 0 Å². The number of hydrogen-bond donors (Lipinski definition) is 1. The summed E-state index contributed by atoms with van der Waals surface area (Å²) in [6.07, 6.45) is 2.31. The van der Waals surface area contributed by atoms with Gasteiger partial charge in [0.05, 0.1) is 18.8 Å².